The molecule has 2 aromatic rings. The lowest BCUT2D eigenvalue weighted by Crippen LogP contribution is -2.48. The van der Waals surface area contributed by atoms with Crippen molar-refractivity contribution in [1.29, 1.82) is 0 Å². The van der Waals surface area contributed by atoms with Crippen molar-refractivity contribution in [1.82, 2.24) is 46.6 Å². The second kappa shape index (κ2) is 91.1. The van der Waals surface area contributed by atoms with Gasteiger partial charge < -0.3 is 159 Å². The van der Waals surface area contributed by atoms with Crippen molar-refractivity contribution in [3.8, 4) is 17.1 Å². The molecule has 0 aliphatic carbocycles. The Morgan fingerprint density at radius 1 is 0.297 bits per heavy atom. The van der Waals surface area contributed by atoms with E-state index >= 15 is 0 Å². The normalized spacial score (nSPS) is 12.3. The second-order valence-corrected chi connectivity index (χ2v) is 26.8. The van der Waals surface area contributed by atoms with E-state index in [4.69, 9.17) is 137 Å². The molecule has 1 aliphatic rings. The van der Waals surface area contributed by atoms with Crippen LogP contribution >= 0.6 is 0 Å². The lowest BCUT2D eigenvalue weighted by Gasteiger charge is -2.19. The fourth-order valence-electron chi connectivity index (χ4n) is 10.1. The topological polar surface area (TPSA) is 473 Å². The van der Waals surface area contributed by atoms with E-state index in [1.807, 2.05) is 0 Å². The molecule has 44 nitrogen and oxygen atoms in total. The summed E-state index contributed by atoms with van der Waals surface area (Å²) in [4.78, 5) is 75.5. The number of hydrogen-bond donors (Lipinski definition) is 4. The highest BCUT2D eigenvalue weighted by atomic mass is 16.6. The van der Waals surface area contributed by atoms with Gasteiger partial charge in [-0.05, 0) is 44.0 Å². The van der Waals surface area contributed by atoms with Gasteiger partial charge in [-0.25, -0.2) is 0 Å². The minimum absolute atomic E-state index is 0.00103. The molecule has 0 saturated heterocycles. The zero-order valence-corrected chi connectivity index (χ0v) is 75.5. The van der Waals surface area contributed by atoms with Gasteiger partial charge in [-0.1, -0.05) is 0 Å². The number of benzene rings is 1. The summed E-state index contributed by atoms with van der Waals surface area (Å²) in [5.41, 5.74) is 0.738. The Balaban J connectivity index is 0.997. The quantitative estimate of drug-likeness (QED) is 0.0476. The van der Waals surface area contributed by atoms with Crippen LogP contribution in [0.4, 0.5) is 0 Å². The summed E-state index contributed by atoms with van der Waals surface area (Å²) < 4.78 is 160. The van der Waals surface area contributed by atoms with Crippen molar-refractivity contribution in [3.63, 3.8) is 0 Å². The Labute approximate surface area is 753 Å². The Morgan fingerprint density at radius 3 is 0.867 bits per heavy atom. The lowest BCUT2D eigenvalue weighted by molar-refractivity contribution is -0.137. The molecule has 3 rings (SSSR count). The number of rotatable bonds is 101. The molecule has 128 heavy (non-hydrogen) atoms. The second-order valence-electron chi connectivity index (χ2n) is 26.8. The SMILES string of the molecule is COCCOCCOCCOCCOCCOCCOCCOCCOCCOCCOCCOCCOCCOCCOCCOCCOCCOCCOCCOCCOCCOCCOCCOCCNC(=O)C(CCC(=O)NCCCOc1ccc(-c2nnc(C)nn2)cc1)NC(=O)CCOCCOCCOCCOCCNC(=O)CCN1C(=O)C=CC1=O. The van der Waals surface area contributed by atoms with Crippen LogP contribution in [0.2, 0.25) is 0 Å². The molecule has 1 aromatic heterocycles. The van der Waals surface area contributed by atoms with E-state index in [1.165, 1.54) is 12.2 Å². The van der Waals surface area contributed by atoms with Gasteiger partial charge in [0.15, 0.2) is 5.82 Å². The monoisotopic (exact) mass is 1840 g/mol. The number of ether oxygens (including phenoxy) is 29. The van der Waals surface area contributed by atoms with E-state index in [-0.39, 0.29) is 96.8 Å². The molecule has 1 atom stereocenters. The van der Waals surface area contributed by atoms with Crippen LogP contribution in [0, 0.1) is 6.92 Å². The van der Waals surface area contributed by atoms with Crippen LogP contribution in [-0.4, -0.2) is 470 Å². The smallest absolute Gasteiger partial charge is 0.253 e. The van der Waals surface area contributed by atoms with Crippen LogP contribution in [0.1, 0.15) is 37.9 Å². The highest BCUT2D eigenvalue weighted by Crippen LogP contribution is 2.19. The first kappa shape index (κ1) is 116. The molecule has 0 fully saturated rings. The molecular formula is C84H147N9O35. The minimum atomic E-state index is -1.01. The van der Waals surface area contributed by atoms with Crippen molar-refractivity contribution in [2.75, 3.05) is 403 Å². The average Bonchev–Trinajstić information content (AvgIpc) is 1.12. The first-order valence-electron chi connectivity index (χ1n) is 44.1. The predicted octanol–water partition coefficient (Wildman–Crippen LogP) is -0.576. The van der Waals surface area contributed by atoms with E-state index in [9.17, 15) is 28.8 Å². The highest BCUT2D eigenvalue weighted by Gasteiger charge is 2.24. The van der Waals surface area contributed by atoms with Gasteiger partial charge in [-0.2, -0.15) is 0 Å². The molecule has 2 heterocycles. The molecule has 0 radical (unpaired) electrons. The molecule has 1 aromatic carbocycles. The van der Waals surface area contributed by atoms with Crippen LogP contribution in [-0.2, 0) is 161 Å². The molecule has 738 valence electrons. The number of carbonyl (C=O) groups is 6. The molecule has 44 heteroatoms. The van der Waals surface area contributed by atoms with Gasteiger partial charge in [-0.3, -0.25) is 33.7 Å². The van der Waals surface area contributed by atoms with Gasteiger partial charge in [0, 0.05) is 70.3 Å². The predicted molar refractivity (Wildman–Crippen MR) is 457 cm³/mol. The molecule has 0 spiro atoms. The summed E-state index contributed by atoms with van der Waals surface area (Å²) in [5, 5.41) is 27.0. The first-order valence-corrected chi connectivity index (χ1v) is 44.1. The Morgan fingerprint density at radius 2 is 0.562 bits per heavy atom. The van der Waals surface area contributed by atoms with Crippen LogP contribution in [0.3, 0.4) is 0 Å². The summed E-state index contributed by atoms with van der Waals surface area (Å²) in [6.07, 6.45) is 2.83. The summed E-state index contributed by atoms with van der Waals surface area (Å²) in [7, 11) is 1.64. The zero-order valence-electron chi connectivity index (χ0n) is 75.5. The van der Waals surface area contributed by atoms with Crippen molar-refractivity contribution in [3.05, 3.63) is 42.2 Å². The molecule has 4 N–H and O–H groups in total. The van der Waals surface area contributed by atoms with Crippen LogP contribution in [0.5, 0.6) is 5.75 Å². The summed E-state index contributed by atoms with van der Waals surface area (Å²) in [5.74, 6) is -0.875. The summed E-state index contributed by atoms with van der Waals surface area (Å²) in [6.45, 7) is 26.1. The van der Waals surface area contributed by atoms with Crippen LogP contribution in [0.15, 0.2) is 36.4 Å². The molecule has 1 aliphatic heterocycles. The van der Waals surface area contributed by atoms with Gasteiger partial charge >= 0.3 is 0 Å². The highest BCUT2D eigenvalue weighted by molar-refractivity contribution is 6.13. The maximum Gasteiger partial charge on any atom is 0.253 e. The van der Waals surface area contributed by atoms with Crippen molar-refractivity contribution in [2.45, 2.75) is 45.1 Å². The molecule has 0 bridgehead atoms. The molecule has 6 amide bonds. The fourth-order valence-corrected chi connectivity index (χ4v) is 10.1. The molecular weight excluding hydrogens is 1690 g/mol. The lowest BCUT2D eigenvalue weighted by atomic mass is 10.1. The van der Waals surface area contributed by atoms with E-state index in [2.05, 4.69) is 41.7 Å². The third-order valence-corrected chi connectivity index (χ3v) is 16.7. The van der Waals surface area contributed by atoms with Gasteiger partial charge in [-0.15, -0.1) is 20.4 Å². The van der Waals surface area contributed by atoms with Gasteiger partial charge in [0.2, 0.25) is 29.5 Å². The average molecular weight is 1840 g/mol. The van der Waals surface area contributed by atoms with E-state index in [0.717, 1.165) is 10.5 Å². The molecule has 0 saturated carbocycles. The Kier molecular flexibility index (Phi) is 82.4. The van der Waals surface area contributed by atoms with E-state index in [1.54, 1.807) is 38.3 Å². The summed E-state index contributed by atoms with van der Waals surface area (Å²) in [6, 6.07) is 6.16. The summed E-state index contributed by atoms with van der Waals surface area (Å²) >= 11 is 0. The number of methoxy groups -OCH3 is 1. The minimum Gasteiger partial charge on any atom is -0.494 e. The molecule has 1 unspecified atom stereocenters. The van der Waals surface area contributed by atoms with Crippen molar-refractivity contribution < 1.29 is 166 Å². The van der Waals surface area contributed by atoms with Gasteiger partial charge in [0.05, 0.1) is 370 Å². The number of carbonyl (C=O) groups excluding carboxylic acids is 6. The number of aryl methyl sites for hydroxylation is 1. The Bertz CT molecular complexity index is 2890. The van der Waals surface area contributed by atoms with Gasteiger partial charge in [0.1, 0.15) is 11.8 Å². The van der Waals surface area contributed by atoms with Gasteiger partial charge in [0.25, 0.3) is 11.8 Å². The van der Waals surface area contributed by atoms with Crippen molar-refractivity contribution in [2.24, 2.45) is 0 Å². The largest absolute Gasteiger partial charge is 0.494 e. The van der Waals surface area contributed by atoms with E-state index < -0.39 is 29.7 Å². The third kappa shape index (κ3) is 76.2. The third-order valence-electron chi connectivity index (χ3n) is 16.7. The van der Waals surface area contributed by atoms with Crippen LogP contribution < -0.4 is 26.0 Å². The first-order chi connectivity index (χ1) is 63.2. The number of nitrogens with zero attached hydrogens (tertiary/aromatic N) is 5. The zero-order chi connectivity index (χ0) is 91.3. The number of nitrogens with one attached hydrogen (secondary N) is 4. The van der Waals surface area contributed by atoms with E-state index in [0.29, 0.717) is 361 Å². The number of imide groups is 1. The fraction of sp³-hybridized carbons (Fsp3) is 0.810. The standard InChI is InChI=1S/C84H147N9O35/c1-74-89-91-83(92-90-74)75-4-6-76(7-5-75)128-18-3-14-85-78(94)9-8-77(88-80(96)13-19-101-24-27-105-32-33-106-28-25-102-20-15-86-79(95)12-17-93-81(97)10-11-82(93)98)84(99)87-16-21-103-26-29-107-34-35-109-38-39-111-42-43-113-46-47-115-50-51-117-54-55-119-58-59-121-62-63-123-66-67-125-70-71-127-73-72-126-69-68-124-65-64-122-61-60-120-57-56-118-53-52-116-49-48-114-45-44-112-41-40-110-37-36-108-31-30-104-23-22-100-2/h4-7,10-11,77H,3,8-9,12-73H2,1-2H3,(H,85,94)(H,86,95)(H,87,99)(H,88,96). The van der Waals surface area contributed by atoms with Crippen LogP contribution in [0.25, 0.3) is 11.4 Å². The number of aromatic nitrogens is 4. The number of hydrogen-bond acceptors (Lipinski definition) is 39. The number of amides is 6. The maximum atomic E-state index is 13.4. The van der Waals surface area contributed by atoms with Crippen molar-refractivity contribution >= 4 is 35.4 Å². The maximum absolute atomic E-state index is 13.4. The Hall–Kier alpha value is -6.40.